The van der Waals surface area contributed by atoms with Gasteiger partial charge in [-0.3, -0.25) is 4.79 Å². The van der Waals surface area contributed by atoms with Gasteiger partial charge in [0.2, 0.25) is 0 Å². The number of hydrogen-bond acceptors (Lipinski definition) is 3. The average Bonchev–Trinajstić information content (AvgIpc) is 2.31. The van der Waals surface area contributed by atoms with Gasteiger partial charge in [-0.2, -0.15) is 0 Å². The fraction of sp³-hybridized carbons (Fsp3) is 0.571. The summed E-state index contributed by atoms with van der Waals surface area (Å²) in [7, 11) is 0. The molecule has 0 fully saturated rings. The van der Waals surface area contributed by atoms with Gasteiger partial charge < -0.3 is 14.4 Å². The van der Waals surface area contributed by atoms with E-state index in [4.69, 9.17) is 9.84 Å². The van der Waals surface area contributed by atoms with Crippen LogP contribution in [0.15, 0.2) is 10.9 Å². The van der Waals surface area contributed by atoms with Crippen molar-refractivity contribution in [2.45, 2.75) is 40.2 Å². The minimum atomic E-state index is -0.994. The summed E-state index contributed by atoms with van der Waals surface area (Å²) in [5.41, 5.74) is 1.08. The van der Waals surface area contributed by atoms with Gasteiger partial charge in [0.15, 0.2) is 0 Å². The van der Waals surface area contributed by atoms with Crippen LogP contribution in [0.2, 0.25) is 0 Å². The van der Waals surface area contributed by atoms with E-state index in [-0.39, 0.29) is 11.1 Å². The molecule has 0 amide bonds. The molecule has 106 valence electrons. The maximum atomic E-state index is 11.9. The van der Waals surface area contributed by atoms with Crippen molar-refractivity contribution in [3.63, 3.8) is 0 Å². The predicted molar refractivity (Wildman–Crippen MR) is 72.9 cm³/mol. The molecule has 5 heteroatoms. The average molecular weight is 267 g/mol. The first-order valence-corrected chi connectivity index (χ1v) is 6.51. The van der Waals surface area contributed by atoms with E-state index in [0.29, 0.717) is 37.4 Å². The number of pyridine rings is 1. The minimum absolute atomic E-state index is 0.157. The van der Waals surface area contributed by atoms with Gasteiger partial charge in [-0.25, -0.2) is 4.79 Å². The van der Waals surface area contributed by atoms with Gasteiger partial charge >= 0.3 is 5.97 Å². The zero-order valence-electron chi connectivity index (χ0n) is 11.7. The van der Waals surface area contributed by atoms with Gasteiger partial charge in [0.05, 0.1) is 5.56 Å². The van der Waals surface area contributed by atoms with Crippen LogP contribution < -0.4 is 5.56 Å². The molecule has 1 N–H and O–H groups in total. The Bertz CT molecular complexity index is 505. The number of ether oxygens (including phenoxy) is 1. The highest BCUT2D eigenvalue weighted by molar-refractivity contribution is 5.90. The first kappa shape index (κ1) is 15.4. The molecule has 0 unspecified atom stereocenters. The van der Waals surface area contributed by atoms with Crippen LogP contribution in [-0.4, -0.2) is 28.9 Å². The fourth-order valence-electron chi connectivity index (χ4n) is 2.09. The molecule has 1 rings (SSSR count). The Kier molecular flexibility index (Phi) is 5.76. The van der Waals surface area contributed by atoms with E-state index < -0.39 is 5.97 Å². The highest BCUT2D eigenvalue weighted by Gasteiger charge is 2.15. The van der Waals surface area contributed by atoms with E-state index >= 15 is 0 Å². The van der Waals surface area contributed by atoms with Crippen LogP contribution >= 0.6 is 0 Å². The smallest absolute Gasteiger partial charge is 0.337 e. The second kappa shape index (κ2) is 7.09. The highest BCUT2D eigenvalue weighted by Crippen LogP contribution is 2.11. The molecule has 0 aliphatic carbocycles. The number of nitrogens with zero attached hydrogens (tertiary/aromatic N) is 1. The van der Waals surface area contributed by atoms with Gasteiger partial charge in [0.25, 0.3) is 5.56 Å². The number of carboxylic acids is 1. The summed E-state index contributed by atoms with van der Waals surface area (Å²) < 4.78 is 6.86. The highest BCUT2D eigenvalue weighted by atomic mass is 16.5. The molecule has 0 bridgehead atoms. The summed E-state index contributed by atoms with van der Waals surface area (Å²) in [5.74, 6) is -0.994. The van der Waals surface area contributed by atoms with Crippen LogP contribution in [0.4, 0.5) is 0 Å². The Balaban J connectivity index is 2.86. The number of rotatable bonds is 7. The molecule has 0 radical (unpaired) electrons. The van der Waals surface area contributed by atoms with Gasteiger partial charge in [-0.1, -0.05) is 6.92 Å². The molecule has 0 aliphatic heterocycles. The quantitative estimate of drug-likeness (QED) is 0.767. The number of aryl methyl sites for hydroxylation is 1. The lowest BCUT2D eigenvalue weighted by Crippen LogP contribution is -2.26. The molecule has 0 atom stereocenters. The predicted octanol–water partition coefficient (Wildman–Crippen LogP) is 1.98. The van der Waals surface area contributed by atoms with E-state index in [9.17, 15) is 9.59 Å². The molecule has 1 aromatic rings. The molecule has 0 saturated carbocycles. The summed E-state index contributed by atoms with van der Waals surface area (Å²) in [6, 6.07) is 1.38. The molecule has 0 spiro atoms. The Morgan fingerprint density at radius 1 is 1.37 bits per heavy atom. The van der Waals surface area contributed by atoms with Gasteiger partial charge in [0.1, 0.15) is 0 Å². The monoisotopic (exact) mass is 267 g/mol. The van der Waals surface area contributed by atoms with Crippen molar-refractivity contribution in [1.29, 1.82) is 0 Å². The lowest BCUT2D eigenvalue weighted by molar-refractivity contribution is 0.0694. The van der Waals surface area contributed by atoms with Crippen LogP contribution in [0.5, 0.6) is 0 Å². The molecular formula is C14H21NO4. The van der Waals surface area contributed by atoms with E-state index in [1.54, 1.807) is 13.8 Å². The molecule has 0 saturated heterocycles. The van der Waals surface area contributed by atoms with Crippen LogP contribution in [-0.2, 0) is 11.3 Å². The number of carbonyl (C=O) groups is 1. The molecule has 1 heterocycles. The van der Waals surface area contributed by atoms with Crippen LogP contribution in [0, 0.1) is 13.8 Å². The third-order valence-corrected chi connectivity index (χ3v) is 3.00. The Hall–Kier alpha value is -1.62. The van der Waals surface area contributed by atoms with Crippen molar-refractivity contribution in [3.05, 3.63) is 33.2 Å². The first-order chi connectivity index (χ1) is 8.99. The van der Waals surface area contributed by atoms with Crippen molar-refractivity contribution < 1.29 is 14.6 Å². The second-order valence-corrected chi connectivity index (χ2v) is 4.55. The van der Waals surface area contributed by atoms with Crippen molar-refractivity contribution >= 4 is 5.97 Å². The molecule has 0 aromatic carbocycles. The third-order valence-electron chi connectivity index (χ3n) is 3.00. The van der Waals surface area contributed by atoms with Crippen LogP contribution in [0.3, 0.4) is 0 Å². The van der Waals surface area contributed by atoms with E-state index in [1.165, 1.54) is 10.6 Å². The normalized spacial score (nSPS) is 10.7. The number of aromatic carboxylic acids is 1. The van der Waals surface area contributed by atoms with Crippen LogP contribution in [0.25, 0.3) is 0 Å². The summed E-state index contributed by atoms with van der Waals surface area (Å²) in [5, 5.41) is 9.16. The lowest BCUT2D eigenvalue weighted by atomic mass is 10.1. The fourth-order valence-corrected chi connectivity index (χ4v) is 2.09. The van der Waals surface area contributed by atoms with E-state index in [0.717, 1.165) is 6.42 Å². The van der Waals surface area contributed by atoms with Crippen molar-refractivity contribution in [1.82, 2.24) is 4.57 Å². The topological polar surface area (TPSA) is 68.5 Å². The maximum Gasteiger partial charge on any atom is 0.337 e. The largest absolute Gasteiger partial charge is 0.478 e. The summed E-state index contributed by atoms with van der Waals surface area (Å²) in [4.78, 5) is 23.1. The zero-order valence-corrected chi connectivity index (χ0v) is 11.7. The van der Waals surface area contributed by atoms with Gasteiger partial charge in [-0.15, -0.1) is 0 Å². The summed E-state index contributed by atoms with van der Waals surface area (Å²) in [6.45, 7) is 7.12. The number of aromatic nitrogens is 1. The summed E-state index contributed by atoms with van der Waals surface area (Å²) >= 11 is 0. The number of carboxylic acid groups (broad SMARTS) is 1. The van der Waals surface area contributed by atoms with E-state index in [2.05, 4.69) is 0 Å². The van der Waals surface area contributed by atoms with Crippen molar-refractivity contribution in [3.8, 4) is 0 Å². The molecule has 0 aliphatic rings. The molecule has 5 nitrogen and oxygen atoms in total. The minimum Gasteiger partial charge on any atom is -0.478 e. The molecule has 19 heavy (non-hydrogen) atoms. The lowest BCUT2D eigenvalue weighted by Gasteiger charge is -2.14. The maximum absolute atomic E-state index is 11.9. The standard InChI is InChI=1S/C14H21NO4/c1-4-7-19-8-5-6-15-11(3)13(14(17)18)10(2)9-12(15)16/h9H,4-8H2,1-3H3,(H,17,18). The summed E-state index contributed by atoms with van der Waals surface area (Å²) in [6.07, 6.45) is 1.66. The zero-order chi connectivity index (χ0) is 14.4. The second-order valence-electron chi connectivity index (χ2n) is 4.55. The Morgan fingerprint density at radius 2 is 2.05 bits per heavy atom. The van der Waals surface area contributed by atoms with Gasteiger partial charge in [-0.05, 0) is 32.3 Å². The Labute approximate surface area is 112 Å². The SMILES string of the molecule is CCCOCCCn1c(C)c(C(=O)O)c(C)cc1=O. The molecule has 1 aromatic heterocycles. The first-order valence-electron chi connectivity index (χ1n) is 6.51. The Morgan fingerprint density at radius 3 is 2.63 bits per heavy atom. The number of hydrogen-bond donors (Lipinski definition) is 1. The van der Waals surface area contributed by atoms with Crippen LogP contribution in [0.1, 0.15) is 41.4 Å². The van der Waals surface area contributed by atoms with Crippen molar-refractivity contribution in [2.75, 3.05) is 13.2 Å². The van der Waals surface area contributed by atoms with E-state index in [1.807, 2.05) is 6.92 Å². The third kappa shape index (κ3) is 3.92. The van der Waals surface area contributed by atoms with Crippen molar-refractivity contribution in [2.24, 2.45) is 0 Å². The molecular weight excluding hydrogens is 246 g/mol. The van der Waals surface area contributed by atoms with Gasteiger partial charge in [0, 0.05) is 31.5 Å².